The van der Waals surface area contributed by atoms with Gasteiger partial charge in [0.2, 0.25) is 0 Å². The van der Waals surface area contributed by atoms with Gasteiger partial charge in [0.25, 0.3) is 0 Å². The Hall–Kier alpha value is -1.10. The molecule has 0 aromatic heterocycles. The van der Waals surface area contributed by atoms with Crippen LogP contribution >= 0.6 is 0 Å². The number of carbonyl (C=O) groups is 2. The Morgan fingerprint density at radius 3 is 1.56 bits per heavy atom. The van der Waals surface area contributed by atoms with Gasteiger partial charge in [0.1, 0.15) is 0 Å². The van der Waals surface area contributed by atoms with Crippen LogP contribution in [0.2, 0.25) is 0 Å². The Morgan fingerprint density at radius 1 is 0.600 bits per heavy atom. The fourth-order valence-corrected chi connectivity index (χ4v) is 2.79. The van der Waals surface area contributed by atoms with Gasteiger partial charge < -0.3 is 14.9 Å². The number of aliphatic hydroxyl groups is 1. The summed E-state index contributed by atoms with van der Waals surface area (Å²) in [4.78, 5) is 21.9. The van der Waals surface area contributed by atoms with Crippen LogP contribution in [0.25, 0.3) is 0 Å². The molecule has 25 heavy (non-hydrogen) atoms. The van der Waals surface area contributed by atoms with E-state index >= 15 is 0 Å². The average molecular weight is 359 g/mol. The molecule has 0 spiro atoms. The lowest BCUT2D eigenvalue weighted by Gasteiger charge is -2.05. The smallest absolute Gasteiger partial charge is 0.305 e. The van der Waals surface area contributed by atoms with Crippen LogP contribution in [0.1, 0.15) is 103 Å². The molecule has 0 amide bonds. The van der Waals surface area contributed by atoms with Crippen LogP contribution in [0.5, 0.6) is 0 Å². The zero-order chi connectivity index (χ0) is 18.6. The van der Waals surface area contributed by atoms with Crippen LogP contribution in [0.15, 0.2) is 0 Å². The van der Waals surface area contributed by atoms with Crippen molar-refractivity contribution in [2.24, 2.45) is 0 Å². The highest BCUT2D eigenvalue weighted by molar-refractivity contribution is 5.69. The van der Waals surface area contributed by atoms with E-state index in [4.69, 9.17) is 14.9 Å². The number of ether oxygens (including phenoxy) is 1. The quantitative estimate of drug-likeness (QED) is 0.255. The van der Waals surface area contributed by atoms with E-state index in [1.807, 2.05) is 0 Å². The van der Waals surface area contributed by atoms with Crippen molar-refractivity contribution in [2.75, 3.05) is 13.2 Å². The third-order valence-electron chi connectivity index (χ3n) is 4.34. The lowest BCUT2D eigenvalue weighted by atomic mass is 10.1. The standard InChI is InChI=1S/C20H38O5/c21-17-13-9-10-14-18-25-20(24)16-12-8-6-4-2-1-3-5-7-11-15-19(22)23/h21H,1-18H2,(H,22,23). The summed E-state index contributed by atoms with van der Waals surface area (Å²) in [5.74, 6) is -0.773. The molecule has 0 fully saturated rings. The Kier molecular flexibility index (Phi) is 18.4. The van der Waals surface area contributed by atoms with Crippen LogP contribution in [0.4, 0.5) is 0 Å². The largest absolute Gasteiger partial charge is 0.481 e. The van der Waals surface area contributed by atoms with Gasteiger partial charge in [-0.1, -0.05) is 57.8 Å². The molecule has 0 radical (unpaired) electrons. The Balaban J connectivity index is 3.14. The molecule has 5 heteroatoms. The lowest BCUT2D eigenvalue weighted by molar-refractivity contribution is -0.144. The Bertz CT molecular complexity index is 317. The maximum atomic E-state index is 11.5. The molecule has 0 aromatic rings. The summed E-state index contributed by atoms with van der Waals surface area (Å²) in [6.45, 7) is 0.753. The first-order valence-corrected chi connectivity index (χ1v) is 10.1. The fraction of sp³-hybridized carbons (Fsp3) is 0.900. The minimum Gasteiger partial charge on any atom is -0.481 e. The molecule has 0 aliphatic rings. The average Bonchev–Trinajstić information content (AvgIpc) is 2.58. The highest BCUT2D eigenvalue weighted by atomic mass is 16.5. The van der Waals surface area contributed by atoms with E-state index in [9.17, 15) is 9.59 Å². The lowest BCUT2D eigenvalue weighted by Crippen LogP contribution is -2.05. The van der Waals surface area contributed by atoms with Crippen molar-refractivity contribution in [2.45, 2.75) is 103 Å². The highest BCUT2D eigenvalue weighted by Gasteiger charge is 2.02. The first-order valence-electron chi connectivity index (χ1n) is 10.1. The van der Waals surface area contributed by atoms with Crippen molar-refractivity contribution in [1.82, 2.24) is 0 Å². The molecule has 0 saturated carbocycles. The summed E-state index contributed by atoms with van der Waals surface area (Å²) in [5.41, 5.74) is 0. The predicted molar refractivity (Wildman–Crippen MR) is 99.6 cm³/mol. The number of esters is 1. The zero-order valence-electron chi connectivity index (χ0n) is 15.8. The number of carboxylic acids is 1. The molecular weight excluding hydrogens is 320 g/mol. The summed E-state index contributed by atoms with van der Waals surface area (Å²) in [6.07, 6.45) is 15.6. The normalized spacial score (nSPS) is 10.8. The van der Waals surface area contributed by atoms with E-state index in [0.717, 1.165) is 57.8 Å². The summed E-state index contributed by atoms with van der Waals surface area (Å²) >= 11 is 0. The van der Waals surface area contributed by atoms with E-state index in [2.05, 4.69) is 0 Å². The summed E-state index contributed by atoms with van der Waals surface area (Å²) in [7, 11) is 0. The molecule has 2 N–H and O–H groups in total. The molecule has 0 bridgehead atoms. The van der Waals surface area contributed by atoms with Crippen molar-refractivity contribution in [3.63, 3.8) is 0 Å². The summed E-state index contributed by atoms with van der Waals surface area (Å²) < 4.78 is 5.19. The van der Waals surface area contributed by atoms with Gasteiger partial charge in [-0.05, 0) is 32.1 Å². The minimum absolute atomic E-state index is 0.0801. The van der Waals surface area contributed by atoms with Crippen molar-refractivity contribution < 1.29 is 24.5 Å². The number of unbranched alkanes of at least 4 members (excludes halogenated alkanes) is 12. The number of carboxylic acid groups (broad SMARTS) is 1. The molecule has 148 valence electrons. The van der Waals surface area contributed by atoms with Gasteiger partial charge in [-0.2, -0.15) is 0 Å². The number of carbonyl (C=O) groups excluding carboxylic acids is 1. The molecule has 0 saturated heterocycles. The fourth-order valence-electron chi connectivity index (χ4n) is 2.79. The SMILES string of the molecule is O=C(O)CCCCCCCCCCCCC(=O)OCCCCCCO. The third-order valence-corrected chi connectivity index (χ3v) is 4.34. The first kappa shape index (κ1) is 23.9. The van der Waals surface area contributed by atoms with Gasteiger partial charge in [-0.25, -0.2) is 0 Å². The van der Waals surface area contributed by atoms with Gasteiger partial charge in [0.05, 0.1) is 6.61 Å². The van der Waals surface area contributed by atoms with Gasteiger partial charge >= 0.3 is 11.9 Å². The van der Waals surface area contributed by atoms with Crippen molar-refractivity contribution in [3.8, 4) is 0 Å². The molecule has 0 aliphatic carbocycles. The van der Waals surface area contributed by atoms with E-state index in [1.54, 1.807) is 0 Å². The summed E-state index contributed by atoms with van der Waals surface area (Å²) in [6, 6.07) is 0. The molecule has 5 nitrogen and oxygen atoms in total. The molecule has 0 atom stereocenters. The van der Waals surface area contributed by atoms with Crippen LogP contribution in [0, 0.1) is 0 Å². The summed E-state index contributed by atoms with van der Waals surface area (Å²) in [5, 5.41) is 17.2. The Labute approximate surface area is 153 Å². The van der Waals surface area contributed by atoms with Crippen LogP contribution < -0.4 is 0 Å². The van der Waals surface area contributed by atoms with Gasteiger partial charge in [0.15, 0.2) is 0 Å². The zero-order valence-corrected chi connectivity index (χ0v) is 15.8. The van der Waals surface area contributed by atoms with E-state index < -0.39 is 5.97 Å². The second kappa shape index (κ2) is 19.2. The topological polar surface area (TPSA) is 83.8 Å². The molecule has 0 rings (SSSR count). The number of rotatable bonds is 19. The highest BCUT2D eigenvalue weighted by Crippen LogP contribution is 2.12. The van der Waals surface area contributed by atoms with E-state index in [-0.39, 0.29) is 12.6 Å². The molecule has 0 heterocycles. The predicted octanol–water partition coefficient (Wildman–Crippen LogP) is 4.85. The van der Waals surface area contributed by atoms with Crippen molar-refractivity contribution in [3.05, 3.63) is 0 Å². The van der Waals surface area contributed by atoms with Gasteiger partial charge in [-0.15, -0.1) is 0 Å². The maximum absolute atomic E-state index is 11.5. The second-order valence-electron chi connectivity index (χ2n) is 6.79. The van der Waals surface area contributed by atoms with Crippen molar-refractivity contribution in [1.29, 1.82) is 0 Å². The van der Waals surface area contributed by atoms with Crippen molar-refractivity contribution >= 4 is 11.9 Å². The number of aliphatic hydroxyl groups excluding tert-OH is 1. The number of hydrogen-bond acceptors (Lipinski definition) is 4. The maximum Gasteiger partial charge on any atom is 0.305 e. The monoisotopic (exact) mass is 358 g/mol. The Morgan fingerprint density at radius 2 is 1.04 bits per heavy atom. The number of hydrogen-bond donors (Lipinski definition) is 2. The van der Waals surface area contributed by atoms with Gasteiger partial charge in [0, 0.05) is 19.4 Å². The van der Waals surface area contributed by atoms with E-state index in [1.165, 1.54) is 32.1 Å². The molecule has 0 aliphatic heterocycles. The molecule has 0 aromatic carbocycles. The molecule has 0 unspecified atom stereocenters. The third kappa shape index (κ3) is 20.9. The minimum atomic E-state index is -0.693. The molecular formula is C20H38O5. The van der Waals surface area contributed by atoms with Crippen LogP contribution in [-0.2, 0) is 14.3 Å². The second-order valence-corrected chi connectivity index (χ2v) is 6.79. The van der Waals surface area contributed by atoms with Gasteiger partial charge in [-0.3, -0.25) is 9.59 Å². The van der Waals surface area contributed by atoms with Crippen LogP contribution in [-0.4, -0.2) is 35.4 Å². The van der Waals surface area contributed by atoms with E-state index in [0.29, 0.717) is 19.4 Å². The van der Waals surface area contributed by atoms with Crippen LogP contribution in [0.3, 0.4) is 0 Å². The number of aliphatic carboxylic acids is 1. The first-order chi connectivity index (χ1) is 12.2.